The Labute approximate surface area is 173 Å². The third kappa shape index (κ3) is 3.43. The summed E-state index contributed by atoms with van der Waals surface area (Å²) in [7, 11) is 0. The van der Waals surface area contributed by atoms with E-state index in [-0.39, 0.29) is 11.4 Å². The zero-order valence-corrected chi connectivity index (χ0v) is 16.8. The monoisotopic (exact) mass is 402 g/mol. The number of aliphatic imine (C=N–C) groups is 1. The van der Waals surface area contributed by atoms with Crippen LogP contribution in [0.4, 0.5) is 5.69 Å². The molecule has 0 fully saturated rings. The minimum absolute atomic E-state index is 0.200. The first-order valence-corrected chi connectivity index (χ1v) is 9.58. The SMILES string of the molecule is Cc1ccc(N=Cc2c(O)n(-c3ccccc3Cl)c(=O)c3ccccc23)cc1C. The maximum absolute atomic E-state index is 13.1. The van der Waals surface area contributed by atoms with Gasteiger partial charge in [-0.05, 0) is 55.3 Å². The molecule has 0 aliphatic carbocycles. The zero-order valence-electron chi connectivity index (χ0n) is 16.1. The van der Waals surface area contributed by atoms with Gasteiger partial charge in [0.05, 0.1) is 22.0 Å². The lowest BCUT2D eigenvalue weighted by Gasteiger charge is -2.14. The fourth-order valence-corrected chi connectivity index (χ4v) is 3.51. The Balaban J connectivity index is 1.98. The molecule has 5 heteroatoms. The second kappa shape index (κ2) is 7.57. The van der Waals surface area contributed by atoms with Crippen molar-refractivity contribution in [1.82, 2.24) is 4.57 Å². The van der Waals surface area contributed by atoms with Gasteiger partial charge in [0.15, 0.2) is 0 Å². The number of hydrogen-bond acceptors (Lipinski definition) is 3. The van der Waals surface area contributed by atoms with Crippen LogP contribution in [0.3, 0.4) is 0 Å². The van der Waals surface area contributed by atoms with Crippen LogP contribution in [0, 0.1) is 13.8 Å². The Morgan fingerprint density at radius 2 is 1.62 bits per heavy atom. The summed E-state index contributed by atoms with van der Waals surface area (Å²) in [6, 6.07) is 20.0. The normalized spacial score (nSPS) is 11.4. The molecule has 0 amide bonds. The van der Waals surface area contributed by atoms with E-state index in [0.717, 1.165) is 11.3 Å². The number of aromatic nitrogens is 1. The van der Waals surface area contributed by atoms with E-state index in [4.69, 9.17) is 11.6 Å². The first kappa shape index (κ1) is 19.0. The first-order chi connectivity index (χ1) is 14.0. The van der Waals surface area contributed by atoms with Gasteiger partial charge in [-0.25, -0.2) is 4.57 Å². The van der Waals surface area contributed by atoms with Gasteiger partial charge in [-0.15, -0.1) is 0 Å². The van der Waals surface area contributed by atoms with Gasteiger partial charge in [0.1, 0.15) is 0 Å². The quantitative estimate of drug-likeness (QED) is 0.446. The molecule has 4 nitrogen and oxygen atoms in total. The van der Waals surface area contributed by atoms with Gasteiger partial charge >= 0.3 is 0 Å². The Morgan fingerprint density at radius 3 is 2.34 bits per heavy atom. The minimum atomic E-state index is -0.338. The Bertz CT molecular complexity index is 1320. The average Bonchev–Trinajstić information content (AvgIpc) is 2.72. The van der Waals surface area contributed by atoms with Crippen molar-refractivity contribution in [3.05, 3.63) is 98.8 Å². The van der Waals surface area contributed by atoms with Crippen molar-refractivity contribution in [1.29, 1.82) is 0 Å². The van der Waals surface area contributed by atoms with Gasteiger partial charge in [0.2, 0.25) is 5.88 Å². The zero-order chi connectivity index (χ0) is 20.5. The van der Waals surface area contributed by atoms with Crippen molar-refractivity contribution >= 4 is 34.3 Å². The van der Waals surface area contributed by atoms with E-state index in [2.05, 4.69) is 4.99 Å². The van der Waals surface area contributed by atoms with Crippen LogP contribution >= 0.6 is 11.6 Å². The van der Waals surface area contributed by atoms with E-state index in [9.17, 15) is 9.90 Å². The number of aryl methyl sites for hydroxylation is 2. The van der Waals surface area contributed by atoms with Gasteiger partial charge in [-0.3, -0.25) is 9.79 Å². The number of para-hydroxylation sites is 1. The van der Waals surface area contributed by atoms with Gasteiger partial charge < -0.3 is 5.11 Å². The van der Waals surface area contributed by atoms with E-state index in [1.807, 2.05) is 38.1 Å². The maximum Gasteiger partial charge on any atom is 0.265 e. The summed E-state index contributed by atoms with van der Waals surface area (Å²) in [6.45, 7) is 4.07. The molecule has 3 aromatic carbocycles. The topological polar surface area (TPSA) is 54.6 Å². The number of fused-ring (bicyclic) bond motifs is 1. The molecule has 1 N–H and O–H groups in total. The second-order valence-corrected chi connectivity index (χ2v) is 7.31. The molecule has 4 rings (SSSR count). The summed E-state index contributed by atoms with van der Waals surface area (Å²) in [5.74, 6) is -0.200. The number of hydrogen-bond donors (Lipinski definition) is 1. The summed E-state index contributed by atoms with van der Waals surface area (Å²) in [4.78, 5) is 17.7. The molecule has 0 aliphatic rings. The van der Waals surface area contributed by atoms with Gasteiger partial charge in [0.25, 0.3) is 5.56 Å². The second-order valence-electron chi connectivity index (χ2n) is 6.90. The number of halogens is 1. The van der Waals surface area contributed by atoms with E-state index < -0.39 is 0 Å². The maximum atomic E-state index is 13.1. The van der Waals surface area contributed by atoms with Crippen molar-refractivity contribution < 1.29 is 5.11 Å². The van der Waals surface area contributed by atoms with E-state index >= 15 is 0 Å². The lowest BCUT2D eigenvalue weighted by Crippen LogP contribution is -2.20. The number of benzene rings is 3. The highest BCUT2D eigenvalue weighted by Crippen LogP contribution is 2.29. The molecule has 144 valence electrons. The largest absolute Gasteiger partial charge is 0.494 e. The highest BCUT2D eigenvalue weighted by molar-refractivity contribution is 6.32. The highest BCUT2D eigenvalue weighted by atomic mass is 35.5. The Morgan fingerprint density at radius 1 is 0.931 bits per heavy atom. The summed E-state index contributed by atoms with van der Waals surface area (Å²) >= 11 is 6.31. The van der Waals surface area contributed by atoms with Crippen LogP contribution in [0.15, 0.2) is 76.5 Å². The molecule has 0 saturated carbocycles. The van der Waals surface area contributed by atoms with E-state index in [1.165, 1.54) is 10.1 Å². The lowest BCUT2D eigenvalue weighted by molar-refractivity contribution is 0.436. The molecule has 0 atom stereocenters. The van der Waals surface area contributed by atoms with Crippen LogP contribution in [-0.4, -0.2) is 15.9 Å². The predicted octanol–water partition coefficient (Wildman–Crippen LogP) is 5.72. The van der Waals surface area contributed by atoms with Crippen molar-refractivity contribution in [2.24, 2.45) is 4.99 Å². The molecule has 0 radical (unpaired) electrons. The van der Waals surface area contributed by atoms with Crippen LogP contribution in [0.1, 0.15) is 16.7 Å². The van der Waals surface area contributed by atoms with Gasteiger partial charge in [0, 0.05) is 17.0 Å². The molecule has 0 saturated heterocycles. The number of nitrogens with zero attached hydrogens (tertiary/aromatic N) is 2. The lowest BCUT2D eigenvalue weighted by atomic mass is 10.1. The molecule has 29 heavy (non-hydrogen) atoms. The number of rotatable bonds is 3. The fourth-order valence-electron chi connectivity index (χ4n) is 3.29. The predicted molar refractivity (Wildman–Crippen MR) is 119 cm³/mol. The molecule has 1 aromatic heterocycles. The molecular formula is C24H19ClN2O2. The van der Waals surface area contributed by atoms with E-state index in [0.29, 0.717) is 27.0 Å². The van der Waals surface area contributed by atoms with Crippen molar-refractivity contribution in [3.63, 3.8) is 0 Å². The first-order valence-electron chi connectivity index (χ1n) is 9.20. The van der Waals surface area contributed by atoms with Crippen molar-refractivity contribution in [2.75, 3.05) is 0 Å². The summed E-state index contributed by atoms with van der Waals surface area (Å²) in [5, 5.41) is 12.5. The summed E-state index contributed by atoms with van der Waals surface area (Å²) in [6.07, 6.45) is 1.59. The van der Waals surface area contributed by atoms with Crippen LogP contribution in [0.2, 0.25) is 5.02 Å². The van der Waals surface area contributed by atoms with Crippen molar-refractivity contribution in [2.45, 2.75) is 13.8 Å². The van der Waals surface area contributed by atoms with Crippen LogP contribution < -0.4 is 5.56 Å². The smallest absolute Gasteiger partial charge is 0.265 e. The Hall–Kier alpha value is -3.37. The van der Waals surface area contributed by atoms with Gasteiger partial charge in [-0.1, -0.05) is 48.0 Å². The number of pyridine rings is 1. The summed E-state index contributed by atoms with van der Waals surface area (Å²) < 4.78 is 1.23. The highest BCUT2D eigenvalue weighted by Gasteiger charge is 2.17. The number of aromatic hydroxyl groups is 1. The standard InChI is InChI=1S/C24H19ClN2O2/c1-15-11-12-17(13-16(15)2)26-14-20-18-7-3-4-8-19(18)23(28)27(24(20)29)22-10-6-5-9-21(22)25/h3-14,29H,1-2H3. The molecule has 0 spiro atoms. The third-order valence-electron chi connectivity index (χ3n) is 5.03. The van der Waals surface area contributed by atoms with Gasteiger partial charge in [-0.2, -0.15) is 0 Å². The summed E-state index contributed by atoms with van der Waals surface area (Å²) in [5.41, 5.74) is 3.63. The molecular weight excluding hydrogens is 384 g/mol. The van der Waals surface area contributed by atoms with E-state index in [1.54, 1.807) is 48.7 Å². The van der Waals surface area contributed by atoms with Crippen LogP contribution in [0.25, 0.3) is 16.5 Å². The van der Waals surface area contributed by atoms with Crippen molar-refractivity contribution in [3.8, 4) is 11.6 Å². The molecule has 0 unspecified atom stereocenters. The molecule has 4 aromatic rings. The van der Waals surface area contributed by atoms with Crippen LogP contribution in [-0.2, 0) is 0 Å². The Kier molecular flexibility index (Phi) is 4.95. The molecule has 0 aliphatic heterocycles. The third-order valence-corrected chi connectivity index (χ3v) is 5.35. The fraction of sp³-hybridized carbons (Fsp3) is 0.0833. The minimum Gasteiger partial charge on any atom is -0.494 e. The average molecular weight is 403 g/mol. The molecule has 1 heterocycles. The molecule has 0 bridgehead atoms. The van der Waals surface area contributed by atoms with Crippen LogP contribution in [0.5, 0.6) is 5.88 Å².